The second kappa shape index (κ2) is 8.09. The summed E-state index contributed by atoms with van der Waals surface area (Å²) < 4.78 is 7.17. The molecule has 1 aromatic carbocycles. The normalized spacial score (nSPS) is 15.0. The molecule has 1 amide bonds. The largest absolute Gasteiger partial charge is 0.497 e. The molecule has 0 bridgehead atoms. The van der Waals surface area contributed by atoms with E-state index in [-0.39, 0.29) is 23.9 Å². The van der Waals surface area contributed by atoms with Gasteiger partial charge in [-0.15, -0.1) is 0 Å². The number of benzene rings is 1. The van der Waals surface area contributed by atoms with Crippen molar-refractivity contribution < 1.29 is 9.53 Å². The van der Waals surface area contributed by atoms with Crippen molar-refractivity contribution in [2.24, 2.45) is 5.92 Å². The van der Waals surface area contributed by atoms with E-state index >= 15 is 0 Å². The fourth-order valence-corrected chi connectivity index (χ4v) is 3.83. The van der Waals surface area contributed by atoms with Crippen molar-refractivity contribution in [2.45, 2.75) is 58.5 Å². The fraction of sp³-hybridized carbons (Fsp3) is 0.458. The van der Waals surface area contributed by atoms with Crippen LogP contribution in [-0.2, 0) is 0 Å². The minimum atomic E-state index is -0.0691. The first-order valence-electron chi connectivity index (χ1n) is 10.7. The number of aromatic nitrogens is 3. The average Bonchev–Trinajstić information content (AvgIpc) is 3.48. The highest BCUT2D eigenvalue weighted by Crippen LogP contribution is 2.41. The van der Waals surface area contributed by atoms with E-state index in [2.05, 4.69) is 38.1 Å². The van der Waals surface area contributed by atoms with Gasteiger partial charge in [-0.2, -0.15) is 5.10 Å². The van der Waals surface area contributed by atoms with Gasteiger partial charge in [0, 0.05) is 11.7 Å². The molecule has 1 aliphatic rings. The van der Waals surface area contributed by atoms with E-state index in [0.717, 1.165) is 40.9 Å². The molecule has 2 heterocycles. The zero-order chi connectivity index (χ0) is 21.4. The number of amides is 1. The molecule has 6 heteroatoms. The van der Waals surface area contributed by atoms with E-state index in [0.29, 0.717) is 11.5 Å². The summed E-state index contributed by atoms with van der Waals surface area (Å²) in [4.78, 5) is 18.3. The third-order valence-corrected chi connectivity index (χ3v) is 5.77. The molecule has 1 N–H and O–H groups in total. The summed E-state index contributed by atoms with van der Waals surface area (Å²) in [6.07, 6.45) is 4.03. The SMILES string of the molecule is COc1ccc([C@@H](NC(=O)c2cc(C(C)C)nc3c2cnn3C(C)C)C2CC2)cc1. The zero-order valence-electron chi connectivity index (χ0n) is 18.3. The van der Waals surface area contributed by atoms with E-state index < -0.39 is 0 Å². The molecule has 1 saturated carbocycles. The number of nitrogens with zero attached hydrogens (tertiary/aromatic N) is 3. The van der Waals surface area contributed by atoms with Crippen LogP contribution < -0.4 is 10.1 Å². The number of nitrogens with one attached hydrogen (secondary N) is 1. The van der Waals surface area contributed by atoms with E-state index in [1.807, 2.05) is 35.0 Å². The van der Waals surface area contributed by atoms with Gasteiger partial charge in [-0.1, -0.05) is 26.0 Å². The molecule has 30 heavy (non-hydrogen) atoms. The number of fused-ring (bicyclic) bond motifs is 1. The van der Waals surface area contributed by atoms with Gasteiger partial charge in [0.1, 0.15) is 5.75 Å². The van der Waals surface area contributed by atoms with Crippen LogP contribution in [0.5, 0.6) is 5.75 Å². The fourth-order valence-electron chi connectivity index (χ4n) is 3.83. The van der Waals surface area contributed by atoms with Crippen LogP contribution in [0.4, 0.5) is 0 Å². The third-order valence-electron chi connectivity index (χ3n) is 5.77. The van der Waals surface area contributed by atoms with Crippen LogP contribution in [0.3, 0.4) is 0 Å². The van der Waals surface area contributed by atoms with Crippen molar-refractivity contribution in [1.82, 2.24) is 20.1 Å². The molecular weight excluding hydrogens is 376 g/mol. The molecule has 0 unspecified atom stereocenters. The summed E-state index contributed by atoms with van der Waals surface area (Å²) >= 11 is 0. The summed E-state index contributed by atoms with van der Waals surface area (Å²) in [5, 5.41) is 8.60. The van der Waals surface area contributed by atoms with Crippen molar-refractivity contribution >= 4 is 16.9 Å². The summed E-state index contributed by atoms with van der Waals surface area (Å²) in [5.41, 5.74) is 3.44. The Labute approximate surface area is 177 Å². The number of carbonyl (C=O) groups excluding carboxylic acids is 1. The predicted molar refractivity (Wildman–Crippen MR) is 118 cm³/mol. The van der Waals surface area contributed by atoms with E-state index in [1.54, 1.807) is 13.3 Å². The first-order valence-corrected chi connectivity index (χ1v) is 10.7. The minimum absolute atomic E-state index is 0.00531. The third kappa shape index (κ3) is 3.91. The Kier molecular flexibility index (Phi) is 5.50. The molecule has 1 fully saturated rings. The van der Waals surface area contributed by atoms with Gasteiger partial charge in [-0.25, -0.2) is 9.67 Å². The Hall–Kier alpha value is -2.89. The molecule has 2 aromatic heterocycles. The van der Waals surface area contributed by atoms with Crippen molar-refractivity contribution in [2.75, 3.05) is 7.11 Å². The van der Waals surface area contributed by atoms with Crippen molar-refractivity contribution in [3.8, 4) is 5.75 Å². The Morgan fingerprint density at radius 3 is 2.43 bits per heavy atom. The molecular formula is C24H30N4O2. The maximum atomic E-state index is 13.5. The predicted octanol–water partition coefficient (Wildman–Crippen LogP) is 5.03. The standard InChI is InChI=1S/C24H30N4O2/c1-14(2)21-12-19(20-13-25-28(15(3)4)23(20)26-21)24(29)27-22(16-6-7-16)17-8-10-18(30-5)11-9-17/h8-16,22H,6-7H2,1-5H3,(H,27,29)/t22-/m0/s1. The lowest BCUT2D eigenvalue weighted by atomic mass is 10.0. The Balaban J connectivity index is 1.70. The molecule has 0 saturated heterocycles. The average molecular weight is 407 g/mol. The number of rotatable bonds is 7. The maximum Gasteiger partial charge on any atom is 0.252 e. The van der Waals surface area contributed by atoms with E-state index in [4.69, 9.17) is 9.72 Å². The van der Waals surface area contributed by atoms with E-state index in [9.17, 15) is 4.79 Å². The summed E-state index contributed by atoms with van der Waals surface area (Å²) in [6, 6.07) is 10.1. The van der Waals surface area contributed by atoms with Gasteiger partial charge in [-0.3, -0.25) is 4.79 Å². The van der Waals surface area contributed by atoms with E-state index in [1.165, 1.54) is 0 Å². The number of hydrogen-bond donors (Lipinski definition) is 1. The van der Waals surface area contributed by atoms with Gasteiger partial charge in [0.2, 0.25) is 0 Å². The lowest BCUT2D eigenvalue weighted by molar-refractivity contribution is 0.0933. The second-order valence-electron chi connectivity index (χ2n) is 8.73. The van der Waals surface area contributed by atoms with Crippen LogP contribution in [0.25, 0.3) is 11.0 Å². The molecule has 158 valence electrons. The maximum absolute atomic E-state index is 13.5. The summed E-state index contributed by atoms with van der Waals surface area (Å²) in [6.45, 7) is 8.33. The number of hydrogen-bond acceptors (Lipinski definition) is 4. The van der Waals surface area contributed by atoms with Crippen LogP contribution in [0, 0.1) is 5.92 Å². The molecule has 1 aliphatic carbocycles. The van der Waals surface area contributed by atoms with Gasteiger partial charge < -0.3 is 10.1 Å². The van der Waals surface area contributed by atoms with Gasteiger partial charge in [-0.05, 0) is 62.3 Å². The van der Waals surface area contributed by atoms with Crippen LogP contribution >= 0.6 is 0 Å². The first kappa shape index (κ1) is 20.4. The summed E-state index contributed by atoms with van der Waals surface area (Å²) in [5.74, 6) is 1.44. The van der Waals surface area contributed by atoms with Crippen LogP contribution in [-0.4, -0.2) is 27.8 Å². The number of ether oxygens (including phenoxy) is 1. The molecule has 1 atom stereocenters. The van der Waals surface area contributed by atoms with Crippen molar-refractivity contribution in [3.05, 3.63) is 53.3 Å². The quantitative estimate of drug-likeness (QED) is 0.598. The van der Waals surface area contributed by atoms with Crippen molar-refractivity contribution in [3.63, 3.8) is 0 Å². The Morgan fingerprint density at radius 1 is 1.17 bits per heavy atom. The summed E-state index contributed by atoms with van der Waals surface area (Å²) in [7, 11) is 1.66. The Bertz CT molecular complexity index is 1050. The highest BCUT2D eigenvalue weighted by molar-refractivity contribution is 6.05. The van der Waals surface area contributed by atoms with Gasteiger partial charge >= 0.3 is 0 Å². The molecule has 0 aliphatic heterocycles. The topological polar surface area (TPSA) is 69.0 Å². The molecule has 4 rings (SSSR count). The lowest BCUT2D eigenvalue weighted by Crippen LogP contribution is -2.30. The second-order valence-corrected chi connectivity index (χ2v) is 8.73. The minimum Gasteiger partial charge on any atom is -0.497 e. The number of pyridine rings is 1. The molecule has 0 spiro atoms. The lowest BCUT2D eigenvalue weighted by Gasteiger charge is -2.20. The van der Waals surface area contributed by atoms with Gasteiger partial charge in [0.05, 0.1) is 30.3 Å². The zero-order valence-corrected chi connectivity index (χ0v) is 18.3. The molecule has 3 aromatic rings. The number of carbonyl (C=O) groups is 1. The van der Waals surface area contributed by atoms with Crippen molar-refractivity contribution in [1.29, 1.82) is 0 Å². The Morgan fingerprint density at radius 2 is 1.87 bits per heavy atom. The van der Waals surface area contributed by atoms with Gasteiger partial charge in [0.15, 0.2) is 5.65 Å². The highest BCUT2D eigenvalue weighted by atomic mass is 16.5. The van der Waals surface area contributed by atoms with Crippen LogP contribution in [0.1, 0.15) is 80.2 Å². The van der Waals surface area contributed by atoms with Crippen LogP contribution in [0.15, 0.2) is 36.5 Å². The molecule has 0 radical (unpaired) electrons. The molecule has 6 nitrogen and oxygen atoms in total. The highest BCUT2D eigenvalue weighted by Gasteiger charge is 2.34. The van der Waals surface area contributed by atoms with Crippen LogP contribution in [0.2, 0.25) is 0 Å². The smallest absolute Gasteiger partial charge is 0.252 e. The first-order chi connectivity index (χ1) is 14.4. The van der Waals surface area contributed by atoms with Gasteiger partial charge in [0.25, 0.3) is 5.91 Å². The monoisotopic (exact) mass is 406 g/mol. The number of methoxy groups -OCH3 is 1.